The zero-order valence-electron chi connectivity index (χ0n) is 15.2. The average Bonchev–Trinajstić information content (AvgIpc) is 2.69. The molecule has 1 saturated carbocycles. The van der Waals surface area contributed by atoms with Crippen molar-refractivity contribution in [2.24, 2.45) is 11.3 Å². The fourth-order valence-corrected chi connectivity index (χ4v) is 4.16. The summed E-state index contributed by atoms with van der Waals surface area (Å²) in [6, 6.07) is -0.278. The molecule has 3 unspecified atom stereocenters. The first-order valence-electron chi connectivity index (χ1n) is 8.92. The Bertz CT molecular complexity index is 423. The lowest BCUT2D eigenvalue weighted by molar-refractivity contribution is -0.120. The summed E-state index contributed by atoms with van der Waals surface area (Å²) in [5, 5.41) is 20.5. The maximum Gasteiger partial charge on any atom is 0.409 e. The SMILES string of the molecule is CC(C)(C)C(O)C1OC(C)(C)N(C(=O)O)C1CC1CCCCC1. The number of hydrogen-bond donors (Lipinski definition) is 2. The highest BCUT2D eigenvalue weighted by Crippen LogP contribution is 2.42. The van der Waals surface area contributed by atoms with Crippen LogP contribution in [0.15, 0.2) is 0 Å². The van der Waals surface area contributed by atoms with Crippen LogP contribution in [0.1, 0.15) is 73.1 Å². The summed E-state index contributed by atoms with van der Waals surface area (Å²) in [6.45, 7) is 9.47. The lowest BCUT2D eigenvalue weighted by Gasteiger charge is -2.36. The number of aliphatic hydroxyl groups excluding tert-OH is 1. The molecule has 23 heavy (non-hydrogen) atoms. The Morgan fingerprint density at radius 1 is 1.26 bits per heavy atom. The molecule has 0 aromatic carbocycles. The van der Waals surface area contributed by atoms with E-state index in [4.69, 9.17) is 4.74 Å². The van der Waals surface area contributed by atoms with Gasteiger partial charge in [-0.05, 0) is 31.6 Å². The van der Waals surface area contributed by atoms with Crippen LogP contribution >= 0.6 is 0 Å². The fraction of sp³-hybridized carbons (Fsp3) is 0.944. The van der Waals surface area contributed by atoms with Crippen molar-refractivity contribution in [3.05, 3.63) is 0 Å². The molecule has 2 aliphatic rings. The number of nitrogens with zero attached hydrogens (tertiary/aromatic N) is 1. The van der Waals surface area contributed by atoms with Gasteiger partial charge in [0.15, 0.2) is 0 Å². The molecule has 2 N–H and O–H groups in total. The van der Waals surface area contributed by atoms with Gasteiger partial charge < -0.3 is 14.9 Å². The van der Waals surface area contributed by atoms with Crippen molar-refractivity contribution in [1.29, 1.82) is 0 Å². The molecule has 134 valence electrons. The molecule has 5 nitrogen and oxygen atoms in total. The third-order valence-corrected chi connectivity index (χ3v) is 5.42. The van der Waals surface area contributed by atoms with Crippen LogP contribution in [0.3, 0.4) is 0 Å². The molecule has 0 bridgehead atoms. The number of ether oxygens (including phenoxy) is 1. The van der Waals surface area contributed by atoms with Gasteiger partial charge in [-0.2, -0.15) is 0 Å². The van der Waals surface area contributed by atoms with Gasteiger partial charge in [-0.25, -0.2) is 4.79 Å². The molecule has 1 aliphatic heterocycles. The van der Waals surface area contributed by atoms with Crippen LogP contribution in [0, 0.1) is 11.3 Å². The van der Waals surface area contributed by atoms with E-state index in [1.54, 1.807) is 13.8 Å². The van der Waals surface area contributed by atoms with Crippen LogP contribution in [-0.2, 0) is 4.74 Å². The van der Waals surface area contributed by atoms with Gasteiger partial charge in [0, 0.05) is 0 Å². The standard InChI is InChI=1S/C18H33NO4/c1-17(2,3)15(20)14-13(11-12-9-7-6-8-10-12)19(16(21)22)18(4,5)23-14/h12-15,20H,6-11H2,1-5H3,(H,21,22). The fourth-order valence-electron chi connectivity index (χ4n) is 4.16. The second kappa shape index (κ2) is 6.60. The van der Waals surface area contributed by atoms with E-state index in [2.05, 4.69) is 0 Å². The zero-order valence-corrected chi connectivity index (χ0v) is 15.2. The van der Waals surface area contributed by atoms with Crippen molar-refractivity contribution in [3.8, 4) is 0 Å². The van der Waals surface area contributed by atoms with Crippen molar-refractivity contribution >= 4 is 6.09 Å². The van der Waals surface area contributed by atoms with E-state index < -0.39 is 24.0 Å². The summed E-state index contributed by atoms with van der Waals surface area (Å²) in [6.07, 6.45) is 4.70. The number of amides is 1. The molecule has 0 aromatic heterocycles. The second-order valence-electron chi connectivity index (χ2n) is 8.80. The van der Waals surface area contributed by atoms with Crippen LogP contribution < -0.4 is 0 Å². The van der Waals surface area contributed by atoms with E-state index in [1.165, 1.54) is 24.2 Å². The maximum absolute atomic E-state index is 11.9. The molecular weight excluding hydrogens is 294 g/mol. The number of rotatable bonds is 3. The molecule has 3 atom stereocenters. The Hall–Kier alpha value is -0.810. The summed E-state index contributed by atoms with van der Waals surface area (Å²) < 4.78 is 6.06. The Balaban J connectivity index is 2.25. The highest BCUT2D eigenvalue weighted by atomic mass is 16.6. The number of carbonyl (C=O) groups is 1. The second-order valence-corrected chi connectivity index (χ2v) is 8.80. The molecule has 1 aliphatic carbocycles. The van der Waals surface area contributed by atoms with Gasteiger partial charge in [-0.3, -0.25) is 4.90 Å². The van der Waals surface area contributed by atoms with Crippen molar-refractivity contribution in [1.82, 2.24) is 4.90 Å². The van der Waals surface area contributed by atoms with Gasteiger partial charge in [0.05, 0.1) is 12.1 Å². The Labute approximate surface area is 140 Å². The highest BCUT2D eigenvalue weighted by Gasteiger charge is 2.54. The number of carboxylic acid groups (broad SMARTS) is 1. The molecule has 0 radical (unpaired) electrons. The van der Waals surface area contributed by atoms with Gasteiger partial charge in [-0.1, -0.05) is 52.9 Å². The number of hydrogen-bond acceptors (Lipinski definition) is 3. The van der Waals surface area contributed by atoms with Crippen LogP contribution in [0.5, 0.6) is 0 Å². The van der Waals surface area contributed by atoms with Gasteiger partial charge >= 0.3 is 6.09 Å². The van der Waals surface area contributed by atoms with Crippen LogP contribution in [0.25, 0.3) is 0 Å². The lowest BCUT2D eigenvalue weighted by Crippen LogP contribution is -2.50. The minimum atomic E-state index is -0.959. The van der Waals surface area contributed by atoms with Crippen LogP contribution in [-0.4, -0.2) is 45.2 Å². The molecule has 0 aromatic rings. The largest absolute Gasteiger partial charge is 0.465 e. The average molecular weight is 327 g/mol. The molecule has 5 heteroatoms. The molecule has 2 rings (SSSR count). The third kappa shape index (κ3) is 4.00. The zero-order chi connectivity index (χ0) is 17.4. The van der Waals surface area contributed by atoms with Gasteiger partial charge in [0.25, 0.3) is 0 Å². The molecule has 1 amide bonds. The Morgan fingerprint density at radius 3 is 2.30 bits per heavy atom. The monoisotopic (exact) mass is 327 g/mol. The number of aliphatic hydroxyl groups is 1. The van der Waals surface area contributed by atoms with Crippen LogP contribution in [0.2, 0.25) is 0 Å². The summed E-state index contributed by atoms with van der Waals surface area (Å²) in [7, 11) is 0. The van der Waals surface area contributed by atoms with E-state index in [0.29, 0.717) is 5.92 Å². The van der Waals surface area contributed by atoms with Crippen molar-refractivity contribution in [2.45, 2.75) is 97.1 Å². The van der Waals surface area contributed by atoms with E-state index in [1.807, 2.05) is 20.8 Å². The van der Waals surface area contributed by atoms with E-state index in [-0.39, 0.29) is 11.5 Å². The summed E-state index contributed by atoms with van der Waals surface area (Å²) in [5.74, 6) is 0.530. The lowest BCUT2D eigenvalue weighted by atomic mass is 9.79. The predicted molar refractivity (Wildman–Crippen MR) is 89.3 cm³/mol. The normalized spacial score (nSPS) is 30.4. The smallest absolute Gasteiger partial charge is 0.409 e. The van der Waals surface area contributed by atoms with Crippen LogP contribution in [0.4, 0.5) is 4.79 Å². The first-order valence-corrected chi connectivity index (χ1v) is 8.92. The molecule has 1 saturated heterocycles. The van der Waals surface area contributed by atoms with E-state index >= 15 is 0 Å². The molecular formula is C18H33NO4. The predicted octanol–water partition coefficient (Wildman–Crippen LogP) is 3.85. The van der Waals surface area contributed by atoms with Gasteiger partial charge in [0.2, 0.25) is 0 Å². The quantitative estimate of drug-likeness (QED) is 0.826. The summed E-state index contributed by atoms with van der Waals surface area (Å²) in [4.78, 5) is 13.3. The minimum Gasteiger partial charge on any atom is -0.465 e. The first kappa shape index (κ1) is 18.5. The van der Waals surface area contributed by atoms with Gasteiger partial charge in [-0.15, -0.1) is 0 Å². The van der Waals surface area contributed by atoms with Crippen molar-refractivity contribution < 1.29 is 19.7 Å². The first-order chi connectivity index (χ1) is 10.5. The third-order valence-electron chi connectivity index (χ3n) is 5.42. The van der Waals surface area contributed by atoms with Gasteiger partial charge in [0.1, 0.15) is 11.8 Å². The molecule has 2 fully saturated rings. The van der Waals surface area contributed by atoms with E-state index in [9.17, 15) is 15.0 Å². The minimum absolute atomic E-state index is 0.278. The maximum atomic E-state index is 11.9. The Kier molecular flexibility index (Phi) is 5.31. The van der Waals surface area contributed by atoms with Crippen molar-refractivity contribution in [2.75, 3.05) is 0 Å². The molecule has 1 heterocycles. The Morgan fingerprint density at radius 2 is 1.83 bits per heavy atom. The van der Waals surface area contributed by atoms with E-state index in [0.717, 1.165) is 19.3 Å². The topological polar surface area (TPSA) is 70.0 Å². The molecule has 0 spiro atoms. The summed E-state index contributed by atoms with van der Waals surface area (Å²) >= 11 is 0. The highest BCUT2D eigenvalue weighted by molar-refractivity contribution is 5.67. The summed E-state index contributed by atoms with van der Waals surface area (Å²) in [5.41, 5.74) is -1.25. The van der Waals surface area contributed by atoms with Crippen molar-refractivity contribution in [3.63, 3.8) is 0 Å².